The lowest BCUT2D eigenvalue weighted by Crippen LogP contribution is -2.50. The van der Waals surface area contributed by atoms with Crippen LogP contribution in [0.25, 0.3) is 0 Å². The molecule has 2 N–H and O–H groups in total. The van der Waals surface area contributed by atoms with Gasteiger partial charge in [-0.1, -0.05) is 12.1 Å². The number of hydrogen-bond acceptors (Lipinski definition) is 3. The minimum atomic E-state index is -0.450. The number of carbonyl (C=O) groups is 1. The third-order valence-corrected chi connectivity index (χ3v) is 4.04. The first-order valence-electron chi connectivity index (χ1n) is 7.65. The summed E-state index contributed by atoms with van der Waals surface area (Å²) in [5.41, 5.74) is 0.711. The Morgan fingerprint density at radius 1 is 1.48 bits per heavy atom. The summed E-state index contributed by atoms with van der Waals surface area (Å²) in [5, 5.41) is 12.4. The van der Waals surface area contributed by atoms with Crippen molar-refractivity contribution < 1.29 is 14.6 Å². The minimum Gasteiger partial charge on any atom is -0.494 e. The third-order valence-electron chi connectivity index (χ3n) is 4.04. The molecule has 21 heavy (non-hydrogen) atoms. The van der Waals surface area contributed by atoms with Gasteiger partial charge in [0.2, 0.25) is 5.91 Å². The van der Waals surface area contributed by atoms with Gasteiger partial charge in [-0.3, -0.25) is 4.79 Å². The SMILES string of the molecule is Cc1cccc(OCCCC(=O)NC(C)(CO)C2CC2)c1. The van der Waals surface area contributed by atoms with Gasteiger partial charge in [-0.15, -0.1) is 0 Å². The van der Waals surface area contributed by atoms with Gasteiger partial charge in [0.05, 0.1) is 18.8 Å². The number of hydrogen-bond donors (Lipinski definition) is 2. The Morgan fingerprint density at radius 2 is 2.24 bits per heavy atom. The van der Waals surface area contributed by atoms with Crippen LogP contribution in [0, 0.1) is 12.8 Å². The first-order valence-corrected chi connectivity index (χ1v) is 7.65. The van der Waals surface area contributed by atoms with Gasteiger partial charge in [-0.25, -0.2) is 0 Å². The molecule has 0 aromatic heterocycles. The summed E-state index contributed by atoms with van der Waals surface area (Å²) in [5.74, 6) is 1.26. The van der Waals surface area contributed by atoms with Crippen molar-refractivity contribution in [3.05, 3.63) is 29.8 Å². The van der Waals surface area contributed by atoms with E-state index in [-0.39, 0.29) is 12.5 Å². The smallest absolute Gasteiger partial charge is 0.220 e. The van der Waals surface area contributed by atoms with Gasteiger partial charge in [-0.05, 0) is 56.7 Å². The number of nitrogens with one attached hydrogen (secondary N) is 1. The molecular weight excluding hydrogens is 266 g/mol. The third kappa shape index (κ3) is 4.74. The monoisotopic (exact) mass is 291 g/mol. The van der Waals surface area contributed by atoms with Crippen LogP contribution < -0.4 is 10.1 Å². The molecule has 2 rings (SSSR count). The topological polar surface area (TPSA) is 58.6 Å². The predicted molar refractivity (Wildman–Crippen MR) is 82.3 cm³/mol. The quantitative estimate of drug-likeness (QED) is 0.723. The first-order chi connectivity index (χ1) is 10.0. The largest absolute Gasteiger partial charge is 0.494 e. The van der Waals surface area contributed by atoms with E-state index in [1.165, 1.54) is 0 Å². The van der Waals surface area contributed by atoms with Gasteiger partial charge in [0.25, 0.3) is 0 Å². The van der Waals surface area contributed by atoms with Gasteiger partial charge in [0.15, 0.2) is 0 Å². The van der Waals surface area contributed by atoms with Crippen molar-refractivity contribution in [2.45, 2.75) is 45.1 Å². The summed E-state index contributed by atoms with van der Waals surface area (Å²) in [6.45, 7) is 4.47. The summed E-state index contributed by atoms with van der Waals surface area (Å²) < 4.78 is 5.62. The molecule has 4 nitrogen and oxygen atoms in total. The van der Waals surface area contributed by atoms with Crippen LogP contribution in [0.3, 0.4) is 0 Å². The zero-order valence-corrected chi connectivity index (χ0v) is 12.9. The normalized spacial score (nSPS) is 17.1. The predicted octanol–water partition coefficient (Wildman–Crippen LogP) is 2.43. The number of aliphatic hydroxyl groups excluding tert-OH is 1. The molecule has 1 saturated carbocycles. The van der Waals surface area contributed by atoms with Crippen molar-refractivity contribution in [1.29, 1.82) is 0 Å². The van der Waals surface area contributed by atoms with E-state index in [1.807, 2.05) is 38.1 Å². The Morgan fingerprint density at radius 3 is 2.86 bits per heavy atom. The van der Waals surface area contributed by atoms with Crippen molar-refractivity contribution in [2.75, 3.05) is 13.2 Å². The fourth-order valence-electron chi connectivity index (χ4n) is 2.50. The average molecular weight is 291 g/mol. The molecule has 0 heterocycles. The summed E-state index contributed by atoms with van der Waals surface area (Å²) >= 11 is 0. The van der Waals surface area contributed by atoms with Crippen molar-refractivity contribution in [3.8, 4) is 5.75 Å². The Balaban J connectivity index is 1.67. The van der Waals surface area contributed by atoms with E-state index < -0.39 is 5.54 Å². The molecular formula is C17H25NO3. The lowest BCUT2D eigenvalue weighted by atomic mass is 9.96. The molecule has 116 valence electrons. The number of carbonyl (C=O) groups excluding carboxylic acids is 1. The molecule has 1 aliphatic rings. The molecule has 0 radical (unpaired) electrons. The molecule has 1 aromatic rings. The van der Waals surface area contributed by atoms with E-state index in [4.69, 9.17) is 4.74 Å². The Hall–Kier alpha value is -1.55. The highest BCUT2D eigenvalue weighted by Crippen LogP contribution is 2.39. The second-order valence-corrected chi connectivity index (χ2v) is 6.17. The van der Waals surface area contributed by atoms with Gasteiger partial charge >= 0.3 is 0 Å². The van der Waals surface area contributed by atoms with Crippen molar-refractivity contribution in [1.82, 2.24) is 5.32 Å². The minimum absolute atomic E-state index is 0.00317. The Labute approximate surface area is 126 Å². The molecule has 0 aliphatic heterocycles. The van der Waals surface area contributed by atoms with Crippen LogP contribution in [0.5, 0.6) is 5.75 Å². The second kappa shape index (κ2) is 6.94. The maximum Gasteiger partial charge on any atom is 0.220 e. The molecule has 1 atom stereocenters. The van der Waals surface area contributed by atoms with Crippen LogP contribution in [0.2, 0.25) is 0 Å². The molecule has 4 heteroatoms. The molecule has 0 spiro atoms. The molecule has 1 unspecified atom stereocenters. The highest BCUT2D eigenvalue weighted by molar-refractivity contribution is 5.76. The van der Waals surface area contributed by atoms with Crippen LogP contribution in [0.4, 0.5) is 0 Å². The number of amides is 1. The fraction of sp³-hybridized carbons (Fsp3) is 0.588. The number of aryl methyl sites for hydroxylation is 1. The van der Waals surface area contributed by atoms with Gasteiger partial charge in [0, 0.05) is 6.42 Å². The fourth-order valence-corrected chi connectivity index (χ4v) is 2.50. The van der Waals surface area contributed by atoms with E-state index in [1.54, 1.807) is 0 Å². The van der Waals surface area contributed by atoms with Gasteiger partial charge < -0.3 is 15.2 Å². The second-order valence-electron chi connectivity index (χ2n) is 6.17. The summed E-state index contributed by atoms with van der Waals surface area (Å²) in [6.07, 6.45) is 3.28. The first kappa shape index (κ1) is 15.8. The lowest BCUT2D eigenvalue weighted by molar-refractivity contribution is -0.124. The van der Waals surface area contributed by atoms with E-state index in [9.17, 15) is 9.90 Å². The Kier molecular flexibility index (Phi) is 5.23. The van der Waals surface area contributed by atoms with Gasteiger partial charge in [-0.2, -0.15) is 0 Å². The van der Waals surface area contributed by atoms with Crippen LogP contribution in [-0.4, -0.2) is 29.8 Å². The maximum absolute atomic E-state index is 11.9. The van der Waals surface area contributed by atoms with E-state index in [0.717, 1.165) is 24.2 Å². The van der Waals surface area contributed by atoms with Crippen LogP contribution in [-0.2, 0) is 4.79 Å². The molecule has 0 saturated heterocycles. The summed E-state index contributed by atoms with van der Waals surface area (Å²) in [6, 6.07) is 7.88. The van der Waals surface area contributed by atoms with E-state index >= 15 is 0 Å². The van der Waals surface area contributed by atoms with Crippen LogP contribution in [0.15, 0.2) is 24.3 Å². The van der Waals surface area contributed by atoms with E-state index in [0.29, 0.717) is 25.4 Å². The number of aliphatic hydroxyl groups is 1. The van der Waals surface area contributed by atoms with Crippen molar-refractivity contribution >= 4 is 5.91 Å². The standard InChI is InChI=1S/C17H25NO3/c1-13-5-3-6-15(11-13)21-10-4-7-16(20)18-17(2,12-19)14-8-9-14/h3,5-6,11,14,19H,4,7-10,12H2,1-2H3,(H,18,20). The van der Waals surface area contributed by atoms with Gasteiger partial charge in [0.1, 0.15) is 5.75 Å². The lowest BCUT2D eigenvalue weighted by Gasteiger charge is -2.28. The molecule has 1 amide bonds. The number of benzene rings is 1. The summed E-state index contributed by atoms with van der Waals surface area (Å²) in [4.78, 5) is 11.9. The molecule has 0 bridgehead atoms. The molecule has 1 aromatic carbocycles. The average Bonchev–Trinajstić information content (AvgIpc) is 3.28. The Bertz CT molecular complexity index is 485. The zero-order valence-electron chi connectivity index (χ0n) is 12.9. The van der Waals surface area contributed by atoms with Crippen LogP contribution in [0.1, 0.15) is 38.2 Å². The maximum atomic E-state index is 11.9. The molecule has 1 fully saturated rings. The van der Waals surface area contributed by atoms with Crippen molar-refractivity contribution in [3.63, 3.8) is 0 Å². The van der Waals surface area contributed by atoms with Crippen LogP contribution >= 0.6 is 0 Å². The van der Waals surface area contributed by atoms with E-state index in [2.05, 4.69) is 5.32 Å². The van der Waals surface area contributed by atoms with Crippen molar-refractivity contribution in [2.24, 2.45) is 5.92 Å². The highest BCUT2D eigenvalue weighted by atomic mass is 16.5. The highest BCUT2D eigenvalue weighted by Gasteiger charge is 2.41. The molecule has 1 aliphatic carbocycles. The summed E-state index contributed by atoms with van der Waals surface area (Å²) in [7, 11) is 0. The zero-order chi connectivity index (χ0) is 15.3. The number of rotatable bonds is 8. The number of ether oxygens (including phenoxy) is 1.